The summed E-state index contributed by atoms with van der Waals surface area (Å²) in [6, 6.07) is 0. The zero-order chi connectivity index (χ0) is 10.7. The van der Waals surface area contributed by atoms with Crippen LogP contribution in [0.25, 0.3) is 0 Å². The molecule has 15 heavy (non-hydrogen) atoms. The molecule has 0 spiro atoms. The van der Waals surface area contributed by atoms with Crippen molar-refractivity contribution in [1.29, 1.82) is 0 Å². The molecule has 1 N–H and O–H groups in total. The topological polar surface area (TPSA) is 38.0 Å². The molecular formula is C12H20N2O. The molecular weight excluding hydrogens is 188 g/mol. The molecule has 1 aromatic heterocycles. The van der Waals surface area contributed by atoms with Crippen molar-refractivity contribution in [3.05, 3.63) is 18.0 Å². The maximum absolute atomic E-state index is 10.0. The first-order chi connectivity index (χ1) is 7.29. The van der Waals surface area contributed by atoms with E-state index in [1.807, 2.05) is 10.9 Å². The summed E-state index contributed by atoms with van der Waals surface area (Å²) in [5.74, 6) is 0.727. The average Bonchev–Trinajstić information content (AvgIpc) is 2.86. The first-order valence-corrected chi connectivity index (χ1v) is 6.00. The first kappa shape index (κ1) is 10.7. The SMILES string of the molecule is CCn1cc(C(O)CC2CCCC2)cn1. The molecule has 0 saturated heterocycles. The van der Waals surface area contributed by atoms with Crippen LogP contribution in [0.15, 0.2) is 12.4 Å². The largest absolute Gasteiger partial charge is 0.388 e. The molecule has 0 aromatic carbocycles. The Balaban J connectivity index is 1.91. The monoisotopic (exact) mass is 208 g/mol. The van der Waals surface area contributed by atoms with Gasteiger partial charge in [-0.05, 0) is 19.3 Å². The van der Waals surface area contributed by atoms with Crippen LogP contribution in [0.5, 0.6) is 0 Å². The fourth-order valence-electron chi connectivity index (χ4n) is 2.42. The van der Waals surface area contributed by atoms with Crippen LogP contribution >= 0.6 is 0 Å². The molecule has 0 aliphatic heterocycles. The molecule has 1 aromatic rings. The Morgan fingerprint density at radius 3 is 2.87 bits per heavy atom. The Hall–Kier alpha value is -0.830. The van der Waals surface area contributed by atoms with Crippen LogP contribution in [0.3, 0.4) is 0 Å². The number of aromatic nitrogens is 2. The fraction of sp³-hybridized carbons (Fsp3) is 0.750. The first-order valence-electron chi connectivity index (χ1n) is 6.00. The second-order valence-electron chi connectivity index (χ2n) is 4.53. The van der Waals surface area contributed by atoms with Crippen LogP contribution in [0.2, 0.25) is 0 Å². The Labute approximate surface area is 91.1 Å². The quantitative estimate of drug-likeness (QED) is 0.825. The average molecular weight is 208 g/mol. The summed E-state index contributed by atoms with van der Waals surface area (Å²) in [7, 11) is 0. The number of aliphatic hydroxyl groups excluding tert-OH is 1. The maximum atomic E-state index is 10.0. The molecule has 3 heteroatoms. The standard InChI is InChI=1S/C12H20N2O/c1-2-14-9-11(8-13-14)12(15)7-10-5-3-4-6-10/h8-10,12,15H,2-7H2,1H3. The van der Waals surface area contributed by atoms with Crippen molar-refractivity contribution < 1.29 is 5.11 Å². The third-order valence-corrected chi connectivity index (χ3v) is 3.39. The normalized spacial score (nSPS) is 19.6. The fourth-order valence-corrected chi connectivity index (χ4v) is 2.42. The van der Waals surface area contributed by atoms with Gasteiger partial charge in [-0.15, -0.1) is 0 Å². The molecule has 84 valence electrons. The highest BCUT2D eigenvalue weighted by molar-refractivity contribution is 5.08. The molecule has 1 atom stereocenters. The van der Waals surface area contributed by atoms with Crippen molar-refractivity contribution in [2.75, 3.05) is 0 Å². The van der Waals surface area contributed by atoms with Crippen molar-refractivity contribution in [3.63, 3.8) is 0 Å². The van der Waals surface area contributed by atoms with E-state index in [9.17, 15) is 5.11 Å². The van der Waals surface area contributed by atoms with Crippen molar-refractivity contribution in [1.82, 2.24) is 9.78 Å². The van der Waals surface area contributed by atoms with Crippen LogP contribution in [-0.2, 0) is 6.54 Å². The zero-order valence-electron chi connectivity index (χ0n) is 9.39. The van der Waals surface area contributed by atoms with Gasteiger partial charge in [-0.25, -0.2) is 0 Å². The summed E-state index contributed by atoms with van der Waals surface area (Å²) in [4.78, 5) is 0. The van der Waals surface area contributed by atoms with E-state index in [1.165, 1.54) is 25.7 Å². The summed E-state index contributed by atoms with van der Waals surface area (Å²) in [5, 5.41) is 14.2. The summed E-state index contributed by atoms with van der Waals surface area (Å²) in [6.07, 6.45) is 9.61. The molecule has 1 heterocycles. The predicted octanol–water partition coefficient (Wildman–Crippen LogP) is 2.52. The van der Waals surface area contributed by atoms with E-state index in [0.29, 0.717) is 0 Å². The lowest BCUT2D eigenvalue weighted by molar-refractivity contribution is 0.145. The highest BCUT2D eigenvalue weighted by Gasteiger charge is 2.20. The van der Waals surface area contributed by atoms with E-state index in [1.54, 1.807) is 6.20 Å². The highest BCUT2D eigenvalue weighted by atomic mass is 16.3. The summed E-state index contributed by atoms with van der Waals surface area (Å²) < 4.78 is 1.87. The minimum absolute atomic E-state index is 0.312. The Bertz CT molecular complexity index is 302. The van der Waals surface area contributed by atoms with Gasteiger partial charge >= 0.3 is 0 Å². The minimum atomic E-state index is -0.312. The third kappa shape index (κ3) is 2.59. The van der Waals surface area contributed by atoms with Crippen LogP contribution in [0.4, 0.5) is 0 Å². The molecule has 0 radical (unpaired) electrons. The number of hydrogen-bond acceptors (Lipinski definition) is 2. The van der Waals surface area contributed by atoms with Crippen LogP contribution in [0, 0.1) is 5.92 Å². The van der Waals surface area contributed by atoms with Gasteiger partial charge in [0.15, 0.2) is 0 Å². The van der Waals surface area contributed by atoms with Gasteiger partial charge < -0.3 is 5.11 Å². The second kappa shape index (κ2) is 4.79. The lowest BCUT2D eigenvalue weighted by atomic mass is 9.97. The van der Waals surface area contributed by atoms with Crippen LogP contribution in [0.1, 0.15) is 50.7 Å². The van der Waals surface area contributed by atoms with E-state index >= 15 is 0 Å². The van der Waals surface area contributed by atoms with Gasteiger partial charge in [-0.2, -0.15) is 5.10 Å². The van der Waals surface area contributed by atoms with E-state index < -0.39 is 0 Å². The van der Waals surface area contributed by atoms with Gasteiger partial charge in [0.05, 0.1) is 12.3 Å². The maximum Gasteiger partial charge on any atom is 0.0823 e. The van der Waals surface area contributed by atoms with Crippen molar-refractivity contribution >= 4 is 0 Å². The van der Waals surface area contributed by atoms with Gasteiger partial charge in [0.2, 0.25) is 0 Å². The van der Waals surface area contributed by atoms with Gasteiger partial charge in [0.1, 0.15) is 0 Å². The van der Waals surface area contributed by atoms with Gasteiger partial charge in [0, 0.05) is 18.3 Å². The van der Waals surface area contributed by atoms with Crippen molar-refractivity contribution in [2.24, 2.45) is 5.92 Å². The molecule has 2 rings (SSSR count). The Morgan fingerprint density at radius 1 is 1.53 bits per heavy atom. The van der Waals surface area contributed by atoms with E-state index in [4.69, 9.17) is 0 Å². The van der Waals surface area contributed by atoms with Crippen LogP contribution < -0.4 is 0 Å². The molecule has 0 bridgehead atoms. The zero-order valence-corrected chi connectivity index (χ0v) is 9.39. The Morgan fingerprint density at radius 2 is 2.27 bits per heavy atom. The number of hydrogen-bond donors (Lipinski definition) is 1. The molecule has 1 aliphatic carbocycles. The van der Waals surface area contributed by atoms with E-state index in [-0.39, 0.29) is 6.10 Å². The molecule has 1 unspecified atom stereocenters. The lowest BCUT2D eigenvalue weighted by Crippen LogP contribution is -2.03. The predicted molar refractivity (Wildman–Crippen MR) is 59.4 cm³/mol. The molecule has 1 saturated carbocycles. The number of aliphatic hydroxyl groups is 1. The molecule has 1 fully saturated rings. The highest BCUT2D eigenvalue weighted by Crippen LogP contribution is 2.32. The molecule has 1 aliphatic rings. The van der Waals surface area contributed by atoms with Gasteiger partial charge in [0.25, 0.3) is 0 Å². The second-order valence-corrected chi connectivity index (χ2v) is 4.53. The minimum Gasteiger partial charge on any atom is -0.388 e. The van der Waals surface area contributed by atoms with Crippen molar-refractivity contribution in [3.8, 4) is 0 Å². The smallest absolute Gasteiger partial charge is 0.0823 e. The summed E-state index contributed by atoms with van der Waals surface area (Å²) in [5.41, 5.74) is 0.976. The summed E-state index contributed by atoms with van der Waals surface area (Å²) >= 11 is 0. The van der Waals surface area contributed by atoms with Crippen LogP contribution in [-0.4, -0.2) is 14.9 Å². The number of rotatable bonds is 4. The van der Waals surface area contributed by atoms with Crippen molar-refractivity contribution in [2.45, 2.75) is 51.7 Å². The van der Waals surface area contributed by atoms with Gasteiger partial charge in [-0.3, -0.25) is 4.68 Å². The van der Waals surface area contributed by atoms with Gasteiger partial charge in [-0.1, -0.05) is 25.7 Å². The number of aryl methyl sites for hydroxylation is 1. The third-order valence-electron chi connectivity index (χ3n) is 3.39. The molecule has 0 amide bonds. The number of nitrogens with zero attached hydrogens (tertiary/aromatic N) is 2. The van der Waals surface area contributed by atoms with E-state index in [0.717, 1.165) is 24.4 Å². The molecule has 3 nitrogen and oxygen atoms in total. The summed E-state index contributed by atoms with van der Waals surface area (Å²) in [6.45, 7) is 2.93. The Kier molecular flexibility index (Phi) is 3.41. The lowest BCUT2D eigenvalue weighted by Gasteiger charge is -2.13. The van der Waals surface area contributed by atoms with E-state index in [2.05, 4.69) is 12.0 Å².